The van der Waals surface area contributed by atoms with Gasteiger partial charge in [-0.2, -0.15) is 0 Å². The van der Waals surface area contributed by atoms with Gasteiger partial charge in [-0.05, 0) is 38.1 Å². The van der Waals surface area contributed by atoms with Crippen LogP contribution in [0.4, 0.5) is 10.1 Å². The van der Waals surface area contributed by atoms with Gasteiger partial charge in [0.25, 0.3) is 0 Å². The van der Waals surface area contributed by atoms with E-state index >= 15 is 0 Å². The van der Waals surface area contributed by atoms with Crippen LogP contribution < -0.4 is 5.32 Å². The maximum atomic E-state index is 12.8. The molecule has 0 amide bonds. The lowest BCUT2D eigenvalue weighted by molar-refractivity contribution is -0.149. The summed E-state index contributed by atoms with van der Waals surface area (Å²) in [6.07, 6.45) is 0. The summed E-state index contributed by atoms with van der Waals surface area (Å²) in [6, 6.07) is 5.76. The monoisotopic (exact) mass is 255 g/mol. The van der Waals surface area contributed by atoms with Crippen LogP contribution in [0.2, 0.25) is 0 Å². The molecule has 0 aliphatic carbocycles. The van der Waals surface area contributed by atoms with Crippen LogP contribution in [-0.4, -0.2) is 31.8 Å². The number of carbonyl (C=O) groups excluding carboxylic acids is 1. The van der Waals surface area contributed by atoms with Gasteiger partial charge < -0.3 is 14.8 Å². The summed E-state index contributed by atoms with van der Waals surface area (Å²) in [5.74, 6) is -0.735. The smallest absolute Gasteiger partial charge is 0.333 e. The highest BCUT2D eigenvalue weighted by atomic mass is 19.1. The maximum Gasteiger partial charge on any atom is 0.333 e. The van der Waals surface area contributed by atoms with Gasteiger partial charge >= 0.3 is 5.97 Å². The molecule has 0 fully saturated rings. The Morgan fingerprint density at radius 2 is 2.00 bits per heavy atom. The van der Waals surface area contributed by atoms with Crippen LogP contribution in [0.15, 0.2) is 24.3 Å². The molecule has 1 aromatic carbocycles. The van der Waals surface area contributed by atoms with Crippen molar-refractivity contribution in [3.05, 3.63) is 30.1 Å². The van der Waals surface area contributed by atoms with Crippen molar-refractivity contribution in [1.29, 1.82) is 0 Å². The van der Waals surface area contributed by atoms with Crippen molar-refractivity contribution in [3.63, 3.8) is 0 Å². The van der Waals surface area contributed by atoms with Crippen molar-refractivity contribution in [2.24, 2.45) is 0 Å². The Kier molecular flexibility index (Phi) is 5.09. The first-order valence-corrected chi connectivity index (χ1v) is 5.71. The zero-order valence-electron chi connectivity index (χ0n) is 10.8. The number of anilines is 1. The summed E-state index contributed by atoms with van der Waals surface area (Å²) in [4.78, 5) is 11.9. The fraction of sp³-hybridized carbons (Fsp3) is 0.462. The maximum absolute atomic E-state index is 12.8. The Bertz CT molecular complexity index is 394. The summed E-state index contributed by atoms with van der Waals surface area (Å²) < 4.78 is 22.8. The van der Waals surface area contributed by atoms with Gasteiger partial charge in [0, 0.05) is 12.8 Å². The number of ether oxygens (including phenoxy) is 2. The van der Waals surface area contributed by atoms with Gasteiger partial charge in [0.2, 0.25) is 0 Å². The van der Waals surface area contributed by atoms with E-state index in [9.17, 15) is 9.18 Å². The Hall–Kier alpha value is -1.62. The Balaban J connectivity index is 2.84. The van der Waals surface area contributed by atoms with Gasteiger partial charge in [0.05, 0.1) is 13.2 Å². The van der Waals surface area contributed by atoms with Crippen LogP contribution >= 0.6 is 0 Å². The molecular weight excluding hydrogens is 237 g/mol. The highest BCUT2D eigenvalue weighted by Gasteiger charge is 2.34. The molecule has 0 saturated heterocycles. The number of halogens is 1. The Morgan fingerprint density at radius 3 is 2.50 bits per heavy atom. The van der Waals surface area contributed by atoms with Crippen molar-refractivity contribution < 1.29 is 18.7 Å². The molecule has 0 aromatic heterocycles. The third-order valence-electron chi connectivity index (χ3n) is 2.42. The van der Waals surface area contributed by atoms with Crippen molar-refractivity contribution in [2.45, 2.75) is 19.4 Å². The quantitative estimate of drug-likeness (QED) is 0.792. The average molecular weight is 255 g/mol. The van der Waals surface area contributed by atoms with Crippen molar-refractivity contribution in [2.75, 3.05) is 25.6 Å². The molecule has 0 saturated carbocycles. The predicted molar refractivity (Wildman–Crippen MR) is 66.9 cm³/mol. The van der Waals surface area contributed by atoms with Crippen molar-refractivity contribution in [1.82, 2.24) is 0 Å². The largest absolute Gasteiger partial charge is 0.464 e. The highest BCUT2D eigenvalue weighted by Crippen LogP contribution is 2.18. The van der Waals surface area contributed by atoms with Crippen LogP contribution in [0, 0.1) is 5.82 Å². The van der Waals surface area contributed by atoms with Crippen molar-refractivity contribution in [3.8, 4) is 0 Å². The van der Waals surface area contributed by atoms with Crippen LogP contribution in [0.3, 0.4) is 0 Å². The fourth-order valence-corrected chi connectivity index (χ4v) is 1.58. The molecule has 1 aromatic rings. The number of methoxy groups -OCH3 is 1. The molecule has 5 heteroatoms. The summed E-state index contributed by atoms with van der Waals surface area (Å²) in [5, 5.41) is 3.00. The first-order valence-electron chi connectivity index (χ1n) is 5.71. The van der Waals surface area contributed by atoms with E-state index in [1.807, 2.05) is 0 Å². The molecule has 1 unspecified atom stereocenters. The minimum absolute atomic E-state index is 0.156. The molecule has 0 spiro atoms. The summed E-state index contributed by atoms with van der Waals surface area (Å²) in [7, 11) is 1.50. The number of nitrogens with one attached hydrogen (secondary N) is 1. The van der Waals surface area contributed by atoms with Gasteiger partial charge in [-0.1, -0.05) is 0 Å². The molecule has 0 bridgehead atoms. The Morgan fingerprint density at radius 1 is 1.39 bits per heavy atom. The molecule has 0 aliphatic rings. The van der Waals surface area contributed by atoms with Crippen molar-refractivity contribution >= 4 is 11.7 Å². The molecule has 0 aliphatic heterocycles. The lowest BCUT2D eigenvalue weighted by atomic mass is 10.0. The highest BCUT2D eigenvalue weighted by molar-refractivity contribution is 5.84. The molecular formula is C13H18FNO3. The molecule has 1 atom stereocenters. The molecule has 4 nitrogen and oxygen atoms in total. The Labute approximate surface area is 106 Å². The number of hydrogen-bond donors (Lipinski definition) is 1. The van der Waals surface area contributed by atoms with Crippen LogP contribution in [-0.2, 0) is 14.3 Å². The van der Waals surface area contributed by atoms with E-state index in [0.717, 1.165) is 0 Å². The zero-order valence-corrected chi connectivity index (χ0v) is 10.8. The summed E-state index contributed by atoms with van der Waals surface area (Å²) in [5.41, 5.74) is -0.369. The van der Waals surface area contributed by atoms with Crippen LogP contribution in [0.25, 0.3) is 0 Å². The van der Waals surface area contributed by atoms with Gasteiger partial charge in [-0.3, -0.25) is 0 Å². The number of hydrogen-bond acceptors (Lipinski definition) is 4. The normalized spacial score (nSPS) is 13.8. The van der Waals surface area contributed by atoms with E-state index in [0.29, 0.717) is 12.3 Å². The number of rotatable bonds is 6. The third kappa shape index (κ3) is 3.70. The number of benzene rings is 1. The summed E-state index contributed by atoms with van der Waals surface area (Å²) >= 11 is 0. The molecule has 0 heterocycles. The van der Waals surface area contributed by atoms with Gasteiger partial charge in [0.15, 0.2) is 5.54 Å². The fourth-order valence-electron chi connectivity index (χ4n) is 1.58. The first kappa shape index (κ1) is 14.4. The second kappa shape index (κ2) is 6.35. The minimum Gasteiger partial charge on any atom is -0.464 e. The van der Waals surface area contributed by atoms with E-state index in [1.54, 1.807) is 26.0 Å². The zero-order chi connectivity index (χ0) is 13.6. The van der Waals surface area contributed by atoms with Gasteiger partial charge in [-0.25, -0.2) is 9.18 Å². The van der Waals surface area contributed by atoms with Gasteiger partial charge in [0.1, 0.15) is 5.82 Å². The average Bonchev–Trinajstić information content (AvgIpc) is 2.33. The lowest BCUT2D eigenvalue weighted by Gasteiger charge is -2.28. The molecule has 1 N–H and O–H groups in total. The minimum atomic E-state index is -0.997. The molecule has 18 heavy (non-hydrogen) atoms. The summed E-state index contributed by atoms with van der Waals surface area (Å²) in [6.45, 7) is 3.87. The molecule has 0 radical (unpaired) electrons. The van der Waals surface area contributed by atoms with E-state index in [1.165, 1.54) is 19.2 Å². The van der Waals surface area contributed by atoms with Gasteiger partial charge in [-0.15, -0.1) is 0 Å². The molecule has 1 rings (SSSR count). The van der Waals surface area contributed by atoms with Crippen LogP contribution in [0.1, 0.15) is 13.8 Å². The number of carbonyl (C=O) groups is 1. The van der Waals surface area contributed by atoms with E-state index in [2.05, 4.69) is 5.32 Å². The predicted octanol–water partition coefficient (Wildman–Crippen LogP) is 2.21. The molecule has 100 valence electrons. The lowest BCUT2D eigenvalue weighted by Crippen LogP contribution is -2.48. The second-order valence-electron chi connectivity index (χ2n) is 4.12. The number of esters is 1. The van der Waals surface area contributed by atoms with E-state index in [4.69, 9.17) is 9.47 Å². The van der Waals surface area contributed by atoms with E-state index < -0.39 is 11.5 Å². The standard InChI is InChI=1S/C13H18FNO3/c1-4-18-12(16)13(2,9-17-3)15-11-7-5-10(14)6-8-11/h5-8,15H,4,9H2,1-3H3. The second-order valence-corrected chi connectivity index (χ2v) is 4.12. The van der Waals surface area contributed by atoms with Crippen LogP contribution in [0.5, 0.6) is 0 Å². The third-order valence-corrected chi connectivity index (χ3v) is 2.42. The topological polar surface area (TPSA) is 47.6 Å². The SMILES string of the molecule is CCOC(=O)C(C)(COC)Nc1ccc(F)cc1. The first-order chi connectivity index (χ1) is 8.51. The van der Waals surface area contributed by atoms with E-state index in [-0.39, 0.29) is 12.4 Å².